The summed E-state index contributed by atoms with van der Waals surface area (Å²) in [6, 6.07) is 17.7. The third-order valence-corrected chi connectivity index (χ3v) is 18.9. The first-order valence-electron chi connectivity index (χ1n) is 10.3. The van der Waals surface area contributed by atoms with Crippen LogP contribution in [-0.4, -0.2) is 13.6 Å². The van der Waals surface area contributed by atoms with Gasteiger partial charge >= 0.3 is 165 Å². The number of fused-ring (bicyclic) bond motifs is 1. The predicted molar refractivity (Wildman–Crippen MR) is 125 cm³/mol. The van der Waals surface area contributed by atoms with Gasteiger partial charge in [0, 0.05) is 0 Å². The molecule has 1 N–H and O–H groups in total. The molecule has 3 heteroatoms. The molecule has 2 aromatic rings. The van der Waals surface area contributed by atoms with Gasteiger partial charge in [-0.05, 0) is 0 Å². The quantitative estimate of drug-likeness (QED) is 0.575. The molecule has 2 aromatic carbocycles. The van der Waals surface area contributed by atoms with Crippen molar-refractivity contribution in [1.82, 2.24) is 3.80 Å². The van der Waals surface area contributed by atoms with Gasteiger partial charge in [0.05, 0.1) is 0 Å². The molecule has 0 fully saturated rings. The van der Waals surface area contributed by atoms with Gasteiger partial charge in [-0.2, -0.15) is 0 Å². The van der Waals surface area contributed by atoms with Crippen LogP contribution in [0.25, 0.3) is 17.2 Å². The van der Waals surface area contributed by atoms with Crippen LogP contribution >= 0.6 is 0 Å². The van der Waals surface area contributed by atoms with E-state index >= 15 is 0 Å². The SMILES string of the molecule is CC1=Cc2c(-c3ccccc3)cccc2[CH]1[Ti]([CH3])([CH3])([CH3])([CH3])([SiH3])[NH]C(C)(C)C. The Kier molecular flexibility index (Phi) is 3.83. The van der Waals surface area contributed by atoms with Crippen molar-refractivity contribution in [3.05, 3.63) is 65.2 Å². The number of hydrogen-bond acceptors (Lipinski definition) is 1. The van der Waals surface area contributed by atoms with Crippen molar-refractivity contribution in [2.24, 2.45) is 0 Å². The van der Waals surface area contributed by atoms with Crippen LogP contribution in [0.4, 0.5) is 0 Å². The Hall–Kier alpha value is -0.929. The summed E-state index contributed by atoms with van der Waals surface area (Å²) in [5.41, 5.74) is 7.22. The van der Waals surface area contributed by atoms with E-state index in [1.54, 1.807) is 0 Å². The monoisotopic (exact) mass is 416 g/mol. The van der Waals surface area contributed by atoms with Crippen LogP contribution in [0.5, 0.6) is 0 Å². The summed E-state index contributed by atoms with van der Waals surface area (Å²) in [5.74, 6) is 0. The van der Waals surface area contributed by atoms with Crippen LogP contribution in [0.2, 0.25) is 20.9 Å². The second-order valence-corrected chi connectivity index (χ2v) is 61.4. The first kappa shape index (κ1) is 20.8. The van der Waals surface area contributed by atoms with Crippen LogP contribution in [0.1, 0.15) is 43.0 Å². The fraction of sp³-hybridized carbons (Fsp3) is 0.417. The van der Waals surface area contributed by atoms with E-state index in [9.17, 15) is 0 Å². The van der Waals surface area contributed by atoms with E-state index in [0.29, 0.717) is 4.22 Å². The van der Waals surface area contributed by atoms with Crippen molar-refractivity contribution in [2.75, 3.05) is 0 Å². The fourth-order valence-corrected chi connectivity index (χ4v) is 26.8. The Labute approximate surface area is 164 Å². The third kappa shape index (κ3) is 3.96. The second kappa shape index (κ2) is 4.97. The van der Waals surface area contributed by atoms with E-state index < -0.39 is 12.3 Å². The number of rotatable bonds is 3. The first-order valence-corrected chi connectivity index (χ1v) is 24.0. The van der Waals surface area contributed by atoms with Crippen LogP contribution in [0.15, 0.2) is 54.1 Å². The van der Waals surface area contributed by atoms with Crippen molar-refractivity contribution in [2.45, 2.75) is 58.4 Å². The number of allylic oxidation sites excluding steroid dienone is 1. The number of nitrogens with one attached hydrogen (secondary N) is 1. The molecule has 0 bridgehead atoms. The minimum atomic E-state index is -4.03. The van der Waals surface area contributed by atoms with Crippen molar-refractivity contribution in [3.63, 3.8) is 0 Å². The molecule has 0 saturated heterocycles. The maximum absolute atomic E-state index is 4.30. The van der Waals surface area contributed by atoms with Gasteiger partial charge in [0.15, 0.2) is 0 Å². The van der Waals surface area contributed by atoms with E-state index in [1.807, 2.05) is 0 Å². The zero-order valence-electron chi connectivity index (χ0n) is 18.8. The van der Waals surface area contributed by atoms with Gasteiger partial charge in [-0.1, -0.05) is 0 Å². The molecule has 1 aliphatic rings. The molecule has 0 aliphatic heterocycles. The molecule has 0 aromatic heterocycles. The number of hydrogen-bond donors (Lipinski definition) is 1. The summed E-state index contributed by atoms with van der Waals surface area (Å²) in [4.78, 5) is 0. The molecule has 3 rings (SSSR count). The summed E-state index contributed by atoms with van der Waals surface area (Å²) in [7, 11) is 1.15. The average Bonchev–Trinajstić information content (AvgIpc) is 2.81. The van der Waals surface area contributed by atoms with Gasteiger partial charge in [-0.25, -0.2) is 0 Å². The Morgan fingerprint density at radius 3 is 2.04 bits per heavy atom. The van der Waals surface area contributed by atoms with Crippen LogP contribution in [0.3, 0.4) is 0 Å². The van der Waals surface area contributed by atoms with E-state index in [0.717, 1.165) is 8.11 Å². The van der Waals surface area contributed by atoms with Gasteiger partial charge in [0.25, 0.3) is 0 Å². The van der Waals surface area contributed by atoms with Gasteiger partial charge < -0.3 is 0 Å². The molecule has 1 aliphatic carbocycles. The maximum atomic E-state index is 4.30. The standard InChI is InChI=1S/C16H13.C4H10N.4CH3.H3Si.Ti/c1-12-10-14-8-5-9-15(16(14)11-12)13-6-3-2-4-7-13;1-4(2,3)5;;;;;;/h2-11H,1H3;5H,1-3H3;5*1H3;/q;-1;;;;;;+1. The van der Waals surface area contributed by atoms with E-state index in [2.05, 4.69) is 107 Å². The second-order valence-electron chi connectivity index (χ2n) is 14.7. The molecule has 0 heterocycles. The molecule has 0 radical (unpaired) electrons. The Morgan fingerprint density at radius 1 is 0.889 bits per heavy atom. The average molecular weight is 417 g/mol. The van der Waals surface area contributed by atoms with Crippen LogP contribution in [0, 0.1) is 0 Å². The van der Waals surface area contributed by atoms with Crippen LogP contribution < -0.4 is 3.80 Å². The molecule has 147 valence electrons. The van der Waals surface area contributed by atoms with Crippen molar-refractivity contribution in [1.29, 1.82) is 0 Å². The first-order chi connectivity index (χ1) is 11.9. The summed E-state index contributed by atoms with van der Waals surface area (Å²) in [5, 5.41) is 10.5. The summed E-state index contributed by atoms with van der Waals surface area (Å²) >= 11 is -4.03. The van der Waals surface area contributed by atoms with Gasteiger partial charge in [-0.3, -0.25) is 0 Å². The van der Waals surface area contributed by atoms with E-state index in [-0.39, 0.29) is 5.54 Å². The van der Waals surface area contributed by atoms with E-state index in [1.165, 1.54) is 27.8 Å². The van der Waals surface area contributed by atoms with Gasteiger partial charge in [0.1, 0.15) is 0 Å². The van der Waals surface area contributed by atoms with Gasteiger partial charge in [-0.15, -0.1) is 0 Å². The third-order valence-electron chi connectivity index (χ3n) is 6.02. The zero-order valence-corrected chi connectivity index (χ0v) is 22.3. The molecule has 1 unspecified atom stereocenters. The Bertz CT molecular complexity index is 950. The normalized spacial score (nSPS) is 21.6. The molecule has 0 saturated carbocycles. The minimum absolute atomic E-state index is 0.0881. The summed E-state index contributed by atoms with van der Waals surface area (Å²) < 4.78 is 4.78. The fourth-order valence-electron chi connectivity index (χ4n) is 6.69. The Balaban J connectivity index is 2.29. The molecular formula is C24H38NSiTi. The zero-order chi connectivity index (χ0) is 20.4. The molecule has 0 amide bonds. The van der Waals surface area contributed by atoms with Crippen LogP contribution in [-0.2, 0) is 12.3 Å². The van der Waals surface area contributed by atoms with Crippen molar-refractivity contribution in [3.8, 4) is 11.1 Å². The summed E-state index contributed by atoms with van der Waals surface area (Å²) in [6.07, 6.45) is 2.47. The molecule has 1 nitrogen and oxygen atoms in total. The molecule has 0 spiro atoms. The van der Waals surface area contributed by atoms with Crippen molar-refractivity contribution < 1.29 is 12.3 Å². The van der Waals surface area contributed by atoms with E-state index in [4.69, 9.17) is 0 Å². The number of benzene rings is 2. The van der Waals surface area contributed by atoms with Gasteiger partial charge in [0.2, 0.25) is 0 Å². The molecule has 27 heavy (non-hydrogen) atoms. The molecular weight excluding hydrogens is 378 g/mol. The molecule has 1 atom stereocenters. The Morgan fingerprint density at radius 2 is 1.48 bits per heavy atom. The topological polar surface area (TPSA) is 12.0 Å². The predicted octanol–water partition coefficient (Wildman–Crippen LogP) is 6.35. The summed E-state index contributed by atoms with van der Waals surface area (Å²) in [6.45, 7) is 9.32. The van der Waals surface area contributed by atoms with Crippen molar-refractivity contribution >= 4 is 14.2 Å².